The molecule has 2 aromatic rings. The van der Waals surface area contributed by atoms with Crippen LogP contribution in [0, 0.1) is 6.92 Å². The molecule has 2 N–H and O–H groups in total. The second kappa shape index (κ2) is 5.95. The number of carbonyl (C=O) groups is 1. The van der Waals surface area contributed by atoms with Crippen LogP contribution in [-0.4, -0.2) is 34.9 Å². The van der Waals surface area contributed by atoms with Crippen LogP contribution in [0.2, 0.25) is 0 Å². The zero-order valence-electron chi connectivity index (χ0n) is 12.1. The topological polar surface area (TPSA) is 59.2 Å². The van der Waals surface area contributed by atoms with Gasteiger partial charge in [-0.25, -0.2) is 0 Å². The van der Waals surface area contributed by atoms with E-state index in [0.29, 0.717) is 12.1 Å². The first-order valence-electron chi connectivity index (χ1n) is 7.22. The lowest BCUT2D eigenvalue weighted by molar-refractivity contribution is 0.0740. The largest absolute Gasteiger partial charge is 0.334 e. The summed E-state index contributed by atoms with van der Waals surface area (Å²) in [5.74, 6) is 0.0600. The van der Waals surface area contributed by atoms with E-state index in [9.17, 15) is 4.79 Å². The van der Waals surface area contributed by atoms with Crippen molar-refractivity contribution in [2.24, 2.45) is 5.73 Å². The second-order valence-electron chi connectivity index (χ2n) is 5.37. The van der Waals surface area contributed by atoms with Gasteiger partial charge in [-0.05, 0) is 43.3 Å². The third kappa shape index (κ3) is 2.71. The highest BCUT2D eigenvalue weighted by atomic mass is 32.1. The zero-order chi connectivity index (χ0) is 14.8. The number of hydrogen-bond donors (Lipinski definition) is 1. The molecule has 1 amide bonds. The fraction of sp³-hybridized carbons (Fsp3) is 0.375. The molecule has 1 aliphatic heterocycles. The molecule has 1 atom stereocenters. The van der Waals surface area contributed by atoms with Crippen molar-refractivity contribution in [1.29, 1.82) is 0 Å². The van der Waals surface area contributed by atoms with Gasteiger partial charge in [-0.3, -0.25) is 9.78 Å². The highest BCUT2D eigenvalue weighted by Gasteiger charge is 2.29. The number of likely N-dealkylation sites (tertiary alicyclic amines) is 1. The van der Waals surface area contributed by atoms with Gasteiger partial charge >= 0.3 is 0 Å². The van der Waals surface area contributed by atoms with Crippen LogP contribution in [-0.2, 0) is 0 Å². The predicted octanol–water partition coefficient (Wildman–Crippen LogP) is 2.68. The van der Waals surface area contributed by atoms with Crippen LogP contribution < -0.4 is 5.73 Å². The Morgan fingerprint density at radius 2 is 2.33 bits per heavy atom. The third-order valence-electron chi connectivity index (χ3n) is 4.04. The molecule has 4 nitrogen and oxygen atoms in total. The monoisotopic (exact) mass is 301 g/mol. The van der Waals surface area contributed by atoms with Gasteiger partial charge in [-0.1, -0.05) is 0 Å². The lowest BCUT2D eigenvalue weighted by Crippen LogP contribution is -2.40. The van der Waals surface area contributed by atoms with Crippen molar-refractivity contribution in [3.8, 4) is 11.3 Å². The van der Waals surface area contributed by atoms with Gasteiger partial charge in [0.05, 0.1) is 17.0 Å². The predicted molar refractivity (Wildman–Crippen MR) is 85.4 cm³/mol. The number of nitrogens with zero attached hydrogens (tertiary/aromatic N) is 2. The summed E-state index contributed by atoms with van der Waals surface area (Å²) in [6, 6.07) is 6.03. The average molecular weight is 301 g/mol. The van der Waals surface area contributed by atoms with Gasteiger partial charge in [0.2, 0.25) is 0 Å². The number of rotatable bonds is 3. The molecule has 0 aromatic carbocycles. The molecule has 0 bridgehead atoms. The Morgan fingerprint density at radius 1 is 1.48 bits per heavy atom. The van der Waals surface area contributed by atoms with Crippen LogP contribution in [0.1, 0.15) is 28.9 Å². The molecule has 0 saturated carbocycles. The quantitative estimate of drug-likeness (QED) is 0.948. The summed E-state index contributed by atoms with van der Waals surface area (Å²) in [5, 5.41) is 4.09. The van der Waals surface area contributed by atoms with Crippen LogP contribution in [0.3, 0.4) is 0 Å². The maximum absolute atomic E-state index is 12.7. The van der Waals surface area contributed by atoms with Gasteiger partial charge < -0.3 is 10.6 Å². The number of thiophene rings is 1. The maximum atomic E-state index is 12.7. The number of amides is 1. The third-order valence-corrected chi connectivity index (χ3v) is 4.73. The maximum Gasteiger partial charge on any atom is 0.255 e. The van der Waals surface area contributed by atoms with Crippen molar-refractivity contribution in [2.75, 3.05) is 13.1 Å². The number of hydrogen-bond acceptors (Lipinski definition) is 4. The minimum Gasteiger partial charge on any atom is -0.334 e. The molecule has 3 heterocycles. The first-order chi connectivity index (χ1) is 10.2. The summed E-state index contributed by atoms with van der Waals surface area (Å²) in [7, 11) is 0. The Kier molecular flexibility index (Phi) is 4.03. The molecule has 3 rings (SSSR count). The molecule has 1 saturated heterocycles. The highest BCUT2D eigenvalue weighted by Crippen LogP contribution is 2.24. The Labute approximate surface area is 128 Å². The van der Waals surface area contributed by atoms with Crippen molar-refractivity contribution in [2.45, 2.75) is 25.8 Å². The van der Waals surface area contributed by atoms with E-state index in [0.717, 1.165) is 36.3 Å². The van der Waals surface area contributed by atoms with Gasteiger partial charge in [-0.15, -0.1) is 0 Å². The summed E-state index contributed by atoms with van der Waals surface area (Å²) in [6.07, 6.45) is 2.04. The Hall–Kier alpha value is -1.72. The smallest absolute Gasteiger partial charge is 0.255 e. The summed E-state index contributed by atoms with van der Waals surface area (Å²) in [5.41, 5.74) is 9.25. The van der Waals surface area contributed by atoms with Gasteiger partial charge in [0.15, 0.2) is 0 Å². The van der Waals surface area contributed by atoms with Gasteiger partial charge in [-0.2, -0.15) is 11.3 Å². The first-order valence-corrected chi connectivity index (χ1v) is 8.16. The minimum absolute atomic E-state index is 0.0600. The van der Waals surface area contributed by atoms with E-state index in [1.54, 1.807) is 11.3 Å². The van der Waals surface area contributed by atoms with Crippen LogP contribution in [0.15, 0.2) is 29.0 Å². The molecule has 2 aromatic heterocycles. The molecule has 0 spiro atoms. The molecule has 0 radical (unpaired) electrons. The van der Waals surface area contributed by atoms with Crippen molar-refractivity contribution >= 4 is 17.2 Å². The zero-order valence-corrected chi connectivity index (χ0v) is 12.9. The van der Waals surface area contributed by atoms with E-state index in [1.165, 1.54) is 0 Å². The summed E-state index contributed by atoms with van der Waals surface area (Å²) < 4.78 is 0. The second-order valence-corrected chi connectivity index (χ2v) is 6.15. The van der Waals surface area contributed by atoms with Crippen LogP contribution in [0.4, 0.5) is 0 Å². The summed E-state index contributed by atoms with van der Waals surface area (Å²) in [4.78, 5) is 19.2. The lowest BCUT2D eigenvalue weighted by atomic mass is 10.1. The highest BCUT2D eigenvalue weighted by molar-refractivity contribution is 7.08. The van der Waals surface area contributed by atoms with Crippen LogP contribution in [0.25, 0.3) is 11.3 Å². The normalized spacial score (nSPS) is 18.2. The van der Waals surface area contributed by atoms with Gasteiger partial charge in [0.25, 0.3) is 5.91 Å². The molecule has 1 unspecified atom stereocenters. The number of pyridine rings is 1. The van der Waals surface area contributed by atoms with Gasteiger partial charge in [0.1, 0.15) is 0 Å². The number of aryl methyl sites for hydroxylation is 1. The lowest BCUT2D eigenvalue weighted by Gasteiger charge is -2.24. The SMILES string of the molecule is Cc1nc(-c2ccsc2)ccc1C(=O)N1CCCC1CN. The Bertz CT molecular complexity index is 639. The molecule has 1 aliphatic rings. The number of carbonyl (C=O) groups excluding carboxylic acids is 1. The average Bonchev–Trinajstić information content (AvgIpc) is 3.17. The van der Waals surface area contributed by atoms with Gasteiger partial charge in [0, 0.05) is 30.1 Å². The van der Waals surface area contributed by atoms with E-state index >= 15 is 0 Å². The van der Waals surface area contributed by atoms with Crippen molar-refractivity contribution < 1.29 is 4.79 Å². The van der Waals surface area contributed by atoms with E-state index in [1.807, 2.05) is 35.4 Å². The molecule has 0 aliphatic carbocycles. The number of aromatic nitrogens is 1. The van der Waals surface area contributed by atoms with Crippen molar-refractivity contribution in [3.63, 3.8) is 0 Å². The Morgan fingerprint density at radius 3 is 3.00 bits per heavy atom. The first kappa shape index (κ1) is 14.2. The fourth-order valence-electron chi connectivity index (χ4n) is 2.86. The molecular weight excluding hydrogens is 282 g/mol. The number of nitrogens with two attached hydrogens (primary N) is 1. The van der Waals surface area contributed by atoms with Crippen molar-refractivity contribution in [1.82, 2.24) is 9.88 Å². The minimum atomic E-state index is 0.0600. The van der Waals surface area contributed by atoms with Crippen molar-refractivity contribution in [3.05, 3.63) is 40.2 Å². The molecular formula is C16H19N3OS. The molecule has 1 fully saturated rings. The molecule has 110 valence electrons. The van der Waals surface area contributed by atoms with Crippen LogP contribution >= 0.6 is 11.3 Å². The molecule has 5 heteroatoms. The summed E-state index contributed by atoms with van der Waals surface area (Å²) >= 11 is 1.65. The van der Waals surface area contributed by atoms with E-state index in [4.69, 9.17) is 5.73 Å². The Balaban J connectivity index is 1.87. The van der Waals surface area contributed by atoms with Crippen LogP contribution in [0.5, 0.6) is 0 Å². The summed E-state index contributed by atoms with van der Waals surface area (Å²) in [6.45, 7) is 3.23. The fourth-order valence-corrected chi connectivity index (χ4v) is 3.51. The standard InChI is InChI=1S/C16H19N3OS/c1-11-14(16(20)19-7-2-3-13(19)9-17)4-5-15(18-11)12-6-8-21-10-12/h4-6,8,10,13H,2-3,7,9,17H2,1H3. The van der Waals surface area contributed by atoms with E-state index in [-0.39, 0.29) is 11.9 Å². The molecule has 21 heavy (non-hydrogen) atoms. The van der Waals surface area contributed by atoms with E-state index in [2.05, 4.69) is 10.4 Å². The van der Waals surface area contributed by atoms with E-state index < -0.39 is 0 Å².